The zero-order chi connectivity index (χ0) is 19.0. The van der Waals surface area contributed by atoms with Crippen molar-refractivity contribution in [2.45, 2.75) is 44.8 Å². The molecule has 0 bridgehead atoms. The fourth-order valence-corrected chi connectivity index (χ4v) is 3.64. The molecule has 0 radical (unpaired) electrons. The van der Waals surface area contributed by atoms with E-state index in [1.165, 1.54) is 25.8 Å². The lowest BCUT2D eigenvalue weighted by molar-refractivity contribution is 0.0198. The van der Waals surface area contributed by atoms with Crippen LogP contribution in [0.2, 0.25) is 0 Å². The summed E-state index contributed by atoms with van der Waals surface area (Å²) in [7, 11) is 1.88. The summed E-state index contributed by atoms with van der Waals surface area (Å²) in [6.07, 6.45) is 7.82. The van der Waals surface area contributed by atoms with Gasteiger partial charge in [0.25, 0.3) is 5.91 Å². The molecule has 27 heavy (non-hydrogen) atoms. The van der Waals surface area contributed by atoms with E-state index in [1.807, 2.05) is 24.3 Å². The summed E-state index contributed by atoms with van der Waals surface area (Å²) in [6.45, 7) is 2.84. The molecule has 1 aliphatic heterocycles. The third-order valence-corrected chi connectivity index (χ3v) is 5.36. The number of aryl methyl sites for hydroxylation is 1. The molecule has 0 spiro atoms. The molecule has 2 aromatic heterocycles. The summed E-state index contributed by atoms with van der Waals surface area (Å²) in [5.41, 5.74) is 1.71. The Morgan fingerprint density at radius 1 is 1.33 bits per heavy atom. The van der Waals surface area contributed by atoms with Crippen LogP contribution in [0.5, 0.6) is 0 Å². The molecule has 2 aliphatic rings. The van der Waals surface area contributed by atoms with Crippen molar-refractivity contribution >= 4 is 11.7 Å². The predicted octanol–water partition coefficient (Wildman–Crippen LogP) is 1.60. The number of nitrogens with one attached hydrogen (secondary N) is 1. The van der Waals surface area contributed by atoms with Crippen molar-refractivity contribution in [1.82, 2.24) is 24.9 Å². The summed E-state index contributed by atoms with van der Waals surface area (Å²) in [6, 6.07) is 1.48. The molecule has 8 heteroatoms. The molecule has 0 aromatic carbocycles. The number of carbonyl (C=O) groups excluding carboxylic acids is 2. The van der Waals surface area contributed by atoms with Gasteiger partial charge in [-0.3, -0.25) is 19.4 Å². The molecule has 1 N–H and O–H groups in total. The van der Waals surface area contributed by atoms with Crippen LogP contribution in [0, 0.1) is 5.92 Å². The maximum atomic E-state index is 13.1. The monoisotopic (exact) mass is 371 g/mol. The van der Waals surface area contributed by atoms with Crippen LogP contribution >= 0.6 is 0 Å². The maximum Gasteiger partial charge on any atom is 0.272 e. The first kappa shape index (κ1) is 17.9. The van der Waals surface area contributed by atoms with E-state index in [-0.39, 0.29) is 29.5 Å². The number of H-pyrrole nitrogens is 1. The highest BCUT2D eigenvalue weighted by Gasteiger charge is 2.39. The van der Waals surface area contributed by atoms with E-state index < -0.39 is 0 Å². The highest BCUT2D eigenvalue weighted by molar-refractivity contribution is 5.97. The fourth-order valence-electron chi connectivity index (χ4n) is 3.64. The maximum absolute atomic E-state index is 13.1. The Kier molecular flexibility index (Phi) is 4.82. The molecule has 1 aliphatic carbocycles. The number of carbonyl (C=O) groups is 2. The van der Waals surface area contributed by atoms with E-state index in [2.05, 4.69) is 15.3 Å². The van der Waals surface area contributed by atoms with Crippen LogP contribution in [0.25, 0.3) is 0 Å². The lowest BCUT2D eigenvalue weighted by Gasteiger charge is -2.27. The Bertz CT molecular complexity index is 838. The van der Waals surface area contributed by atoms with Crippen molar-refractivity contribution in [3.8, 4) is 0 Å². The molecular formula is C19H25N5O3. The number of hydrogen-bond acceptors (Lipinski definition) is 5. The smallest absolute Gasteiger partial charge is 0.272 e. The van der Waals surface area contributed by atoms with Gasteiger partial charge in [0.05, 0.1) is 18.3 Å². The van der Waals surface area contributed by atoms with Gasteiger partial charge in [0.15, 0.2) is 5.78 Å². The largest absolute Gasteiger partial charge is 0.376 e. The zero-order valence-corrected chi connectivity index (χ0v) is 15.7. The van der Waals surface area contributed by atoms with Gasteiger partial charge in [-0.25, -0.2) is 0 Å². The van der Waals surface area contributed by atoms with E-state index in [4.69, 9.17) is 4.74 Å². The minimum Gasteiger partial charge on any atom is -0.376 e. The standard InChI is InChI=1S/C19H25N5O3/c1-12(25)15-8-16(22-21-15)19(26)24-6-5-18(27-11-13-3-4-13)17(24)7-14-9-20-23(2)10-14/h8-10,13,17-18H,3-7,11H2,1-2H3,(H,21,22)/t17-,18+/m0/s1. The second-order valence-corrected chi connectivity index (χ2v) is 7.62. The zero-order valence-electron chi connectivity index (χ0n) is 15.7. The van der Waals surface area contributed by atoms with Crippen molar-refractivity contribution in [2.75, 3.05) is 13.2 Å². The Morgan fingerprint density at radius 2 is 2.15 bits per heavy atom. The van der Waals surface area contributed by atoms with Gasteiger partial charge in [0, 0.05) is 33.3 Å². The van der Waals surface area contributed by atoms with E-state index in [0.29, 0.717) is 24.6 Å². The molecule has 1 saturated carbocycles. The second-order valence-electron chi connectivity index (χ2n) is 7.62. The molecule has 8 nitrogen and oxygen atoms in total. The Hall–Kier alpha value is -2.48. The number of Topliss-reactive ketones (excluding diaryl/α,β-unsaturated/α-hetero) is 1. The average Bonchev–Trinajstić information content (AvgIpc) is 3.03. The fraction of sp³-hybridized carbons (Fsp3) is 0.579. The van der Waals surface area contributed by atoms with Crippen molar-refractivity contribution in [3.05, 3.63) is 35.4 Å². The first-order chi connectivity index (χ1) is 13.0. The van der Waals surface area contributed by atoms with Crippen LogP contribution in [0.3, 0.4) is 0 Å². The first-order valence-electron chi connectivity index (χ1n) is 9.47. The van der Waals surface area contributed by atoms with Crippen LogP contribution in [-0.2, 0) is 18.2 Å². The first-order valence-corrected chi connectivity index (χ1v) is 9.47. The number of hydrogen-bond donors (Lipinski definition) is 1. The Balaban J connectivity index is 1.52. The minimum atomic E-state index is -0.163. The molecule has 2 fully saturated rings. The summed E-state index contributed by atoms with van der Waals surface area (Å²) in [5, 5.41) is 10.9. The van der Waals surface area contributed by atoms with Gasteiger partial charge in [-0.15, -0.1) is 0 Å². The van der Waals surface area contributed by atoms with Crippen molar-refractivity contribution < 1.29 is 14.3 Å². The quantitative estimate of drug-likeness (QED) is 0.746. The van der Waals surface area contributed by atoms with Crippen LogP contribution < -0.4 is 0 Å². The third kappa shape index (κ3) is 3.95. The van der Waals surface area contributed by atoms with Crippen LogP contribution in [0.4, 0.5) is 0 Å². The lowest BCUT2D eigenvalue weighted by atomic mass is 10.0. The number of aromatic amines is 1. The van der Waals surface area contributed by atoms with Gasteiger partial charge in [-0.05, 0) is 43.2 Å². The van der Waals surface area contributed by atoms with Crippen molar-refractivity contribution in [3.63, 3.8) is 0 Å². The van der Waals surface area contributed by atoms with Gasteiger partial charge >= 0.3 is 0 Å². The molecule has 4 rings (SSSR count). The molecule has 3 heterocycles. The summed E-state index contributed by atoms with van der Waals surface area (Å²) < 4.78 is 7.95. The van der Waals surface area contributed by atoms with Gasteiger partial charge < -0.3 is 9.64 Å². The molecule has 1 saturated heterocycles. The number of amides is 1. The van der Waals surface area contributed by atoms with Crippen molar-refractivity contribution in [1.29, 1.82) is 0 Å². The van der Waals surface area contributed by atoms with E-state index >= 15 is 0 Å². The SMILES string of the molecule is CC(=O)c1cc(C(=O)N2CC[C@@H](OCC3CC3)[C@@H]2Cc2cnn(C)c2)[nH]n1. The van der Waals surface area contributed by atoms with E-state index in [1.54, 1.807) is 4.68 Å². The molecule has 2 atom stereocenters. The number of ketones is 1. The summed E-state index contributed by atoms with van der Waals surface area (Å²) >= 11 is 0. The Labute approximate surface area is 157 Å². The van der Waals surface area contributed by atoms with Crippen LogP contribution in [0.15, 0.2) is 18.5 Å². The minimum absolute atomic E-state index is 0.0185. The Morgan fingerprint density at radius 3 is 2.78 bits per heavy atom. The molecule has 2 aromatic rings. The predicted molar refractivity (Wildman–Crippen MR) is 97.4 cm³/mol. The molecule has 0 unspecified atom stereocenters. The van der Waals surface area contributed by atoms with E-state index in [9.17, 15) is 9.59 Å². The average molecular weight is 371 g/mol. The highest BCUT2D eigenvalue weighted by Crippen LogP contribution is 2.32. The summed E-state index contributed by atoms with van der Waals surface area (Å²) in [5.74, 6) is 0.380. The van der Waals surface area contributed by atoms with Gasteiger partial charge in [-0.1, -0.05) is 0 Å². The molecule has 1 amide bonds. The summed E-state index contributed by atoms with van der Waals surface area (Å²) in [4.78, 5) is 26.4. The topological polar surface area (TPSA) is 93.1 Å². The second kappa shape index (κ2) is 7.26. The number of likely N-dealkylation sites (tertiary alicyclic amines) is 1. The highest BCUT2D eigenvalue weighted by atomic mass is 16.5. The number of nitrogens with zero attached hydrogens (tertiary/aromatic N) is 4. The van der Waals surface area contributed by atoms with Crippen molar-refractivity contribution in [2.24, 2.45) is 13.0 Å². The van der Waals surface area contributed by atoms with Crippen LogP contribution in [0.1, 0.15) is 52.7 Å². The number of aromatic nitrogens is 4. The number of ether oxygens (including phenoxy) is 1. The normalized spacial score (nSPS) is 22.4. The van der Waals surface area contributed by atoms with Crippen LogP contribution in [-0.4, -0.2) is 61.9 Å². The van der Waals surface area contributed by atoms with Gasteiger partial charge in [0.2, 0.25) is 0 Å². The van der Waals surface area contributed by atoms with Gasteiger partial charge in [-0.2, -0.15) is 10.2 Å². The van der Waals surface area contributed by atoms with E-state index in [0.717, 1.165) is 18.6 Å². The molecular weight excluding hydrogens is 346 g/mol. The lowest BCUT2D eigenvalue weighted by Crippen LogP contribution is -2.42. The van der Waals surface area contributed by atoms with Gasteiger partial charge in [0.1, 0.15) is 11.4 Å². The molecule has 144 valence electrons. The number of rotatable bonds is 7. The third-order valence-electron chi connectivity index (χ3n) is 5.36.